The summed E-state index contributed by atoms with van der Waals surface area (Å²) >= 11 is 11.8. The van der Waals surface area contributed by atoms with E-state index >= 15 is 0 Å². The quantitative estimate of drug-likeness (QED) is 0.852. The molecular weight excluding hydrogens is 309 g/mol. The molecule has 1 aliphatic rings. The lowest BCUT2D eigenvalue weighted by atomic mass is 9.83. The highest BCUT2D eigenvalue weighted by Gasteiger charge is 2.34. The van der Waals surface area contributed by atoms with Crippen LogP contribution in [0.1, 0.15) is 32.3 Å². The van der Waals surface area contributed by atoms with Gasteiger partial charge >= 0.3 is 5.97 Å². The predicted molar refractivity (Wildman–Crippen MR) is 85.9 cm³/mol. The van der Waals surface area contributed by atoms with Crippen molar-refractivity contribution in [3.8, 4) is 0 Å². The van der Waals surface area contributed by atoms with Crippen molar-refractivity contribution in [2.75, 3.05) is 13.1 Å². The number of ether oxygens (including phenoxy) is 1. The molecule has 0 saturated carbocycles. The Balaban J connectivity index is 1.95. The second kappa shape index (κ2) is 6.99. The zero-order valence-corrected chi connectivity index (χ0v) is 13.9. The van der Waals surface area contributed by atoms with E-state index in [0.29, 0.717) is 16.0 Å². The molecule has 1 saturated heterocycles. The summed E-state index contributed by atoms with van der Waals surface area (Å²) in [5.41, 5.74) is 0.380. The number of benzene rings is 1. The molecule has 0 atom stereocenters. The lowest BCUT2D eigenvalue weighted by Crippen LogP contribution is -2.43. The topological polar surface area (TPSA) is 38.3 Å². The highest BCUT2D eigenvalue weighted by molar-refractivity contribution is 6.42. The van der Waals surface area contributed by atoms with Gasteiger partial charge in [0.1, 0.15) is 5.60 Å². The minimum absolute atomic E-state index is 0.214. The van der Waals surface area contributed by atoms with Gasteiger partial charge in [-0.05, 0) is 57.5 Å². The molecule has 1 fully saturated rings. The number of nitrogens with one attached hydrogen (secondary N) is 1. The number of carbonyl (C=O) groups excluding carboxylic acids is 1. The maximum atomic E-state index is 12.2. The Labute approximate surface area is 136 Å². The molecule has 1 aromatic carbocycles. The zero-order chi connectivity index (χ0) is 15.5. The molecule has 5 heteroatoms. The van der Waals surface area contributed by atoms with E-state index in [9.17, 15) is 4.79 Å². The van der Waals surface area contributed by atoms with Crippen LogP contribution in [0.4, 0.5) is 0 Å². The van der Waals surface area contributed by atoms with E-state index in [-0.39, 0.29) is 12.4 Å². The van der Waals surface area contributed by atoms with Crippen LogP contribution in [0.5, 0.6) is 0 Å². The fourth-order valence-corrected chi connectivity index (χ4v) is 3.07. The lowest BCUT2D eigenvalue weighted by molar-refractivity contribution is -0.161. The Kier molecular flexibility index (Phi) is 5.53. The van der Waals surface area contributed by atoms with E-state index in [1.54, 1.807) is 18.2 Å². The highest BCUT2D eigenvalue weighted by atomic mass is 35.5. The van der Waals surface area contributed by atoms with Crippen molar-refractivity contribution in [3.63, 3.8) is 0 Å². The van der Waals surface area contributed by atoms with Crippen molar-refractivity contribution in [3.05, 3.63) is 33.8 Å². The van der Waals surface area contributed by atoms with Crippen molar-refractivity contribution >= 4 is 29.2 Å². The number of hydrogen-bond acceptors (Lipinski definition) is 3. The van der Waals surface area contributed by atoms with Gasteiger partial charge in [0.05, 0.1) is 16.5 Å². The number of rotatable bonds is 4. The number of esters is 1. The van der Waals surface area contributed by atoms with Gasteiger partial charge in [-0.25, -0.2) is 0 Å². The third kappa shape index (κ3) is 4.60. The third-order valence-electron chi connectivity index (χ3n) is 4.03. The molecule has 0 aliphatic carbocycles. The molecule has 0 radical (unpaired) electrons. The Hall–Kier alpha value is -0.770. The molecule has 1 aliphatic heterocycles. The molecule has 116 valence electrons. The summed E-state index contributed by atoms with van der Waals surface area (Å²) in [7, 11) is 0. The number of piperidine rings is 1. The van der Waals surface area contributed by atoms with Gasteiger partial charge in [0.25, 0.3) is 0 Å². The molecule has 0 unspecified atom stereocenters. The maximum absolute atomic E-state index is 12.2. The van der Waals surface area contributed by atoms with Gasteiger partial charge in [-0.15, -0.1) is 0 Å². The standard InChI is InChI=1S/C16H21Cl2NO2/c1-16(2,12-5-7-19-8-6-12)21-15(20)10-11-3-4-13(17)14(18)9-11/h3-4,9,12,19H,5-8,10H2,1-2H3. The van der Waals surface area contributed by atoms with E-state index in [1.807, 2.05) is 13.8 Å². The SMILES string of the molecule is CC(C)(OC(=O)Cc1ccc(Cl)c(Cl)c1)C1CCNCC1. The van der Waals surface area contributed by atoms with Crippen LogP contribution in [0.25, 0.3) is 0 Å². The van der Waals surface area contributed by atoms with Gasteiger partial charge in [0, 0.05) is 5.92 Å². The van der Waals surface area contributed by atoms with Gasteiger partial charge in [0.15, 0.2) is 0 Å². The van der Waals surface area contributed by atoms with Crippen LogP contribution in [0.15, 0.2) is 18.2 Å². The molecule has 0 spiro atoms. The van der Waals surface area contributed by atoms with Gasteiger partial charge in [0.2, 0.25) is 0 Å². The van der Waals surface area contributed by atoms with Crippen molar-refractivity contribution in [2.45, 2.75) is 38.7 Å². The van der Waals surface area contributed by atoms with E-state index in [1.165, 1.54) is 0 Å². The number of halogens is 2. The molecule has 0 amide bonds. The zero-order valence-electron chi connectivity index (χ0n) is 12.4. The molecule has 0 aromatic heterocycles. The summed E-state index contributed by atoms with van der Waals surface area (Å²) in [5.74, 6) is 0.174. The first-order valence-corrected chi connectivity index (χ1v) is 8.00. The Morgan fingerprint density at radius 1 is 1.29 bits per heavy atom. The summed E-state index contributed by atoms with van der Waals surface area (Å²) < 4.78 is 5.71. The summed E-state index contributed by atoms with van der Waals surface area (Å²) in [4.78, 5) is 12.2. The first kappa shape index (κ1) is 16.6. The first-order valence-electron chi connectivity index (χ1n) is 7.25. The fourth-order valence-electron chi connectivity index (χ4n) is 2.75. The fraction of sp³-hybridized carbons (Fsp3) is 0.562. The van der Waals surface area contributed by atoms with E-state index < -0.39 is 5.60 Å². The summed E-state index contributed by atoms with van der Waals surface area (Å²) in [6.07, 6.45) is 2.28. The third-order valence-corrected chi connectivity index (χ3v) is 4.77. The van der Waals surface area contributed by atoms with Crippen LogP contribution in [-0.2, 0) is 16.0 Å². The van der Waals surface area contributed by atoms with Gasteiger partial charge in [-0.1, -0.05) is 29.3 Å². The monoisotopic (exact) mass is 329 g/mol. The second-order valence-electron chi connectivity index (χ2n) is 6.03. The average molecular weight is 330 g/mol. The molecule has 1 heterocycles. The van der Waals surface area contributed by atoms with Gasteiger partial charge in [-0.3, -0.25) is 4.79 Å². The van der Waals surface area contributed by atoms with Gasteiger partial charge in [-0.2, -0.15) is 0 Å². The van der Waals surface area contributed by atoms with E-state index in [2.05, 4.69) is 5.32 Å². The number of carbonyl (C=O) groups is 1. The van der Waals surface area contributed by atoms with Crippen molar-refractivity contribution < 1.29 is 9.53 Å². The number of hydrogen-bond donors (Lipinski definition) is 1. The summed E-state index contributed by atoms with van der Waals surface area (Å²) in [6, 6.07) is 5.21. The smallest absolute Gasteiger partial charge is 0.310 e. The van der Waals surface area contributed by atoms with Crippen molar-refractivity contribution in [1.82, 2.24) is 5.32 Å². The predicted octanol–water partition coefficient (Wildman–Crippen LogP) is 3.86. The van der Waals surface area contributed by atoms with Crippen LogP contribution in [0, 0.1) is 5.92 Å². The summed E-state index contributed by atoms with van der Waals surface area (Å²) in [6.45, 7) is 5.96. The molecule has 1 N–H and O–H groups in total. The van der Waals surface area contributed by atoms with E-state index in [0.717, 1.165) is 31.5 Å². The highest BCUT2D eigenvalue weighted by Crippen LogP contribution is 2.29. The minimum Gasteiger partial charge on any atom is -0.459 e. The average Bonchev–Trinajstić information content (AvgIpc) is 2.43. The van der Waals surface area contributed by atoms with Crippen LogP contribution in [0.2, 0.25) is 10.0 Å². The first-order chi connectivity index (χ1) is 9.88. The lowest BCUT2D eigenvalue weighted by Gasteiger charge is -2.36. The summed E-state index contributed by atoms with van der Waals surface area (Å²) in [5, 5.41) is 4.27. The Morgan fingerprint density at radius 2 is 1.95 bits per heavy atom. The normalized spacial score (nSPS) is 16.8. The molecular formula is C16H21Cl2NO2. The van der Waals surface area contributed by atoms with E-state index in [4.69, 9.17) is 27.9 Å². The molecule has 3 nitrogen and oxygen atoms in total. The molecule has 2 rings (SSSR count). The Morgan fingerprint density at radius 3 is 2.57 bits per heavy atom. The minimum atomic E-state index is -0.435. The van der Waals surface area contributed by atoms with Crippen molar-refractivity contribution in [2.24, 2.45) is 5.92 Å². The molecule has 0 bridgehead atoms. The van der Waals surface area contributed by atoms with Gasteiger partial charge < -0.3 is 10.1 Å². The molecule has 1 aromatic rings. The Bertz CT molecular complexity index is 511. The second-order valence-corrected chi connectivity index (χ2v) is 6.84. The largest absolute Gasteiger partial charge is 0.459 e. The maximum Gasteiger partial charge on any atom is 0.310 e. The van der Waals surface area contributed by atoms with Crippen LogP contribution < -0.4 is 5.32 Å². The molecule has 21 heavy (non-hydrogen) atoms. The van der Waals surface area contributed by atoms with Crippen LogP contribution >= 0.6 is 23.2 Å². The van der Waals surface area contributed by atoms with Crippen LogP contribution in [0.3, 0.4) is 0 Å². The van der Waals surface area contributed by atoms with Crippen molar-refractivity contribution in [1.29, 1.82) is 0 Å². The van der Waals surface area contributed by atoms with Crippen LogP contribution in [-0.4, -0.2) is 24.7 Å².